The average molecular weight is 606 g/mol. The second kappa shape index (κ2) is 13.9. The fraction of sp³-hybridized carbons (Fsp3) is 0.316. The van der Waals surface area contributed by atoms with Crippen molar-refractivity contribution in [1.82, 2.24) is 4.90 Å². The van der Waals surface area contributed by atoms with Gasteiger partial charge in [0.05, 0.1) is 0 Å². The number of rotatable bonds is 8. The number of carbonyl (C=O) groups excluding carboxylic acids is 2. The molecule has 1 heterocycles. The van der Waals surface area contributed by atoms with Crippen LogP contribution in [0.3, 0.4) is 0 Å². The predicted octanol–water partition coefficient (Wildman–Crippen LogP) is 8.43. The number of carbonyl (C=O) groups is 2. The largest absolute Gasteiger partial charge is 0.445 e. The summed E-state index contributed by atoms with van der Waals surface area (Å²) < 4.78 is 11.2. The molecule has 0 aliphatic carbocycles. The molecule has 2 N–H and O–H groups in total. The second-order valence-corrected chi connectivity index (χ2v) is 12.0. The van der Waals surface area contributed by atoms with Gasteiger partial charge in [-0.1, -0.05) is 84.9 Å². The summed E-state index contributed by atoms with van der Waals surface area (Å²) in [5.41, 5.74) is 10.2. The maximum Gasteiger partial charge on any atom is 0.411 e. The van der Waals surface area contributed by atoms with Crippen molar-refractivity contribution < 1.29 is 19.1 Å². The molecule has 0 radical (unpaired) electrons. The van der Waals surface area contributed by atoms with Crippen LogP contribution in [0, 0.1) is 27.7 Å². The second-order valence-electron chi connectivity index (χ2n) is 12.0. The van der Waals surface area contributed by atoms with Gasteiger partial charge in [0.2, 0.25) is 0 Å². The molecule has 1 fully saturated rings. The van der Waals surface area contributed by atoms with Crippen molar-refractivity contribution in [3.05, 3.63) is 129 Å². The van der Waals surface area contributed by atoms with Crippen LogP contribution in [0.15, 0.2) is 84.9 Å². The summed E-state index contributed by atoms with van der Waals surface area (Å²) in [4.78, 5) is 27.7. The lowest BCUT2D eigenvalue weighted by Gasteiger charge is -2.43. The van der Waals surface area contributed by atoms with Crippen LogP contribution in [0.25, 0.3) is 0 Å². The normalized spacial score (nSPS) is 14.0. The first kappa shape index (κ1) is 31.6. The third-order valence-corrected chi connectivity index (χ3v) is 8.94. The van der Waals surface area contributed by atoms with Crippen LogP contribution >= 0.6 is 0 Å². The third-order valence-electron chi connectivity index (χ3n) is 8.94. The van der Waals surface area contributed by atoms with Gasteiger partial charge in [-0.05, 0) is 85.0 Å². The number of amides is 2. The van der Waals surface area contributed by atoms with Crippen molar-refractivity contribution in [2.45, 2.75) is 59.2 Å². The monoisotopic (exact) mass is 605 g/mol. The summed E-state index contributed by atoms with van der Waals surface area (Å²) in [6, 6.07) is 28.3. The van der Waals surface area contributed by atoms with E-state index >= 15 is 0 Å². The van der Waals surface area contributed by atoms with Crippen molar-refractivity contribution in [1.29, 1.82) is 0 Å². The van der Waals surface area contributed by atoms with Crippen LogP contribution in [0.5, 0.6) is 0 Å². The minimum atomic E-state index is -0.483. The number of aryl methyl sites for hydroxylation is 4. The number of nitrogens with zero attached hydrogens (tertiary/aromatic N) is 1. The maximum absolute atomic E-state index is 13.1. The van der Waals surface area contributed by atoms with E-state index in [1.54, 1.807) is 0 Å². The van der Waals surface area contributed by atoms with Crippen LogP contribution in [-0.4, -0.2) is 37.2 Å². The zero-order valence-corrected chi connectivity index (χ0v) is 26.9. The molecule has 1 aliphatic rings. The van der Waals surface area contributed by atoms with Crippen molar-refractivity contribution in [3.63, 3.8) is 0 Å². The van der Waals surface area contributed by atoms with Crippen LogP contribution < -0.4 is 10.6 Å². The number of piperidine rings is 1. The van der Waals surface area contributed by atoms with E-state index < -0.39 is 6.09 Å². The number of likely N-dealkylation sites (tertiary alicyclic amines) is 1. The minimum absolute atomic E-state index is 0.206. The molecule has 7 heteroatoms. The van der Waals surface area contributed by atoms with Gasteiger partial charge in [-0.3, -0.25) is 5.32 Å². The van der Waals surface area contributed by atoms with Crippen molar-refractivity contribution in [2.24, 2.45) is 0 Å². The van der Waals surface area contributed by atoms with E-state index in [0.29, 0.717) is 13.1 Å². The fourth-order valence-electron chi connectivity index (χ4n) is 6.56. The Bertz CT molecular complexity index is 1600. The first-order valence-corrected chi connectivity index (χ1v) is 15.5. The van der Waals surface area contributed by atoms with Gasteiger partial charge in [0.1, 0.15) is 13.2 Å². The van der Waals surface area contributed by atoms with Crippen molar-refractivity contribution in [3.8, 4) is 0 Å². The van der Waals surface area contributed by atoms with Gasteiger partial charge >= 0.3 is 12.2 Å². The Morgan fingerprint density at radius 3 is 1.60 bits per heavy atom. The Balaban J connectivity index is 1.39. The average Bonchev–Trinajstić information content (AvgIpc) is 3.05. The Morgan fingerprint density at radius 2 is 1.13 bits per heavy atom. The molecule has 45 heavy (non-hydrogen) atoms. The molecule has 0 unspecified atom stereocenters. The zero-order valence-electron chi connectivity index (χ0n) is 26.9. The summed E-state index contributed by atoms with van der Waals surface area (Å²) in [6.07, 6.45) is 0.724. The van der Waals surface area contributed by atoms with E-state index in [-0.39, 0.29) is 24.7 Å². The highest BCUT2D eigenvalue weighted by atomic mass is 16.6. The SMILES string of the molecule is CNc1c(C)cc(C2(c3cc(C)c(NC(=O)OCc4ccccc4)c(C)c3)CCN(C(=O)OCc3ccccc3)CC2)cc1C. The number of benzene rings is 4. The van der Waals surface area contributed by atoms with E-state index in [2.05, 4.69) is 48.7 Å². The van der Waals surface area contributed by atoms with Gasteiger partial charge in [0, 0.05) is 36.9 Å². The van der Waals surface area contributed by atoms with E-state index in [0.717, 1.165) is 46.5 Å². The summed E-state index contributed by atoms with van der Waals surface area (Å²) in [5.74, 6) is 0. The molecule has 1 saturated heterocycles. The van der Waals surface area contributed by atoms with Crippen molar-refractivity contribution in [2.75, 3.05) is 30.8 Å². The van der Waals surface area contributed by atoms with Crippen LogP contribution in [0.4, 0.5) is 21.0 Å². The molecule has 0 bridgehead atoms. The molecule has 4 aromatic rings. The molecule has 7 nitrogen and oxygen atoms in total. The first-order valence-electron chi connectivity index (χ1n) is 15.5. The molecule has 0 atom stereocenters. The fourth-order valence-corrected chi connectivity index (χ4v) is 6.56. The molecule has 5 rings (SSSR count). The molecule has 4 aromatic carbocycles. The molecular formula is C38H43N3O4. The van der Waals surface area contributed by atoms with E-state index in [1.165, 1.54) is 22.3 Å². The number of ether oxygens (including phenoxy) is 2. The summed E-state index contributed by atoms with van der Waals surface area (Å²) in [5, 5.41) is 6.31. The lowest BCUT2D eigenvalue weighted by atomic mass is 9.67. The lowest BCUT2D eigenvalue weighted by molar-refractivity contribution is 0.0813. The van der Waals surface area contributed by atoms with Crippen LogP contribution in [-0.2, 0) is 28.1 Å². The highest BCUT2D eigenvalue weighted by Gasteiger charge is 2.40. The Kier molecular flexibility index (Phi) is 9.77. The number of anilines is 2. The highest BCUT2D eigenvalue weighted by molar-refractivity contribution is 5.87. The van der Waals surface area contributed by atoms with Gasteiger partial charge in [0.15, 0.2) is 0 Å². The minimum Gasteiger partial charge on any atom is -0.445 e. The molecule has 0 saturated carbocycles. The topological polar surface area (TPSA) is 79.9 Å². The van der Waals surface area contributed by atoms with Gasteiger partial charge in [-0.15, -0.1) is 0 Å². The zero-order chi connectivity index (χ0) is 32.0. The number of hydrogen-bond acceptors (Lipinski definition) is 5. The Morgan fingerprint density at radius 1 is 0.689 bits per heavy atom. The molecular weight excluding hydrogens is 562 g/mol. The summed E-state index contributed by atoms with van der Waals surface area (Å²) in [6.45, 7) is 9.92. The molecule has 1 aliphatic heterocycles. The van der Waals surface area contributed by atoms with Crippen molar-refractivity contribution >= 4 is 23.6 Å². The highest BCUT2D eigenvalue weighted by Crippen LogP contribution is 2.45. The summed E-state index contributed by atoms with van der Waals surface area (Å²) >= 11 is 0. The van der Waals surface area contributed by atoms with E-state index in [1.807, 2.05) is 86.5 Å². The third kappa shape index (κ3) is 7.14. The van der Waals surface area contributed by atoms with E-state index in [9.17, 15) is 9.59 Å². The van der Waals surface area contributed by atoms with Gasteiger partial charge in [-0.25, -0.2) is 9.59 Å². The smallest absolute Gasteiger partial charge is 0.411 e. The summed E-state index contributed by atoms with van der Waals surface area (Å²) in [7, 11) is 1.95. The molecule has 0 spiro atoms. The first-order chi connectivity index (χ1) is 21.7. The van der Waals surface area contributed by atoms with Gasteiger partial charge in [0.25, 0.3) is 0 Å². The maximum atomic E-state index is 13.1. The van der Waals surface area contributed by atoms with Gasteiger partial charge in [-0.2, -0.15) is 0 Å². The molecule has 0 aromatic heterocycles. The van der Waals surface area contributed by atoms with Crippen LogP contribution in [0.2, 0.25) is 0 Å². The lowest BCUT2D eigenvalue weighted by Crippen LogP contribution is -2.46. The Labute approximate surface area is 266 Å². The number of hydrogen-bond donors (Lipinski definition) is 2. The van der Waals surface area contributed by atoms with Gasteiger partial charge < -0.3 is 19.7 Å². The van der Waals surface area contributed by atoms with Crippen LogP contribution in [0.1, 0.15) is 57.3 Å². The quantitative estimate of drug-likeness (QED) is 0.211. The standard InChI is InChI=1S/C38H43N3O4/c1-26-20-32(21-27(2)34(26)39-5)38(16-18-41(19-17-38)37(43)45-25-31-14-10-7-11-15-31)33-22-28(3)35(29(4)23-33)40-36(42)44-24-30-12-8-6-9-13-30/h6-15,20-23,39H,16-19,24-25H2,1-5H3,(H,40,42). The number of nitrogens with one attached hydrogen (secondary N) is 2. The molecule has 234 valence electrons. The predicted molar refractivity (Wildman–Crippen MR) is 180 cm³/mol. The Hall–Kier alpha value is -4.78. The molecule has 2 amide bonds. The van der Waals surface area contributed by atoms with E-state index in [4.69, 9.17) is 9.47 Å².